The van der Waals surface area contributed by atoms with Gasteiger partial charge in [0, 0.05) is 5.41 Å². The molecule has 1 aliphatic rings. The predicted molar refractivity (Wildman–Crippen MR) is 86.7 cm³/mol. The van der Waals surface area contributed by atoms with Gasteiger partial charge in [0.2, 0.25) is 0 Å². The van der Waals surface area contributed by atoms with Gasteiger partial charge in [-0.2, -0.15) is 0 Å². The zero-order valence-corrected chi connectivity index (χ0v) is 12.5. The molecule has 3 nitrogen and oxygen atoms in total. The van der Waals surface area contributed by atoms with Gasteiger partial charge in [0.05, 0.1) is 6.42 Å². The number of aliphatic carboxylic acids is 1. The Morgan fingerprint density at radius 1 is 1.05 bits per heavy atom. The molecule has 2 aromatic carbocycles. The molecule has 114 valence electrons. The third-order valence-electron chi connectivity index (χ3n) is 4.98. The van der Waals surface area contributed by atoms with Crippen molar-refractivity contribution < 1.29 is 9.90 Å². The molecular weight excluding hydrogens is 274 g/mol. The van der Waals surface area contributed by atoms with Crippen molar-refractivity contribution in [1.82, 2.24) is 0 Å². The van der Waals surface area contributed by atoms with Crippen molar-refractivity contribution in [3.63, 3.8) is 0 Å². The van der Waals surface area contributed by atoms with Gasteiger partial charge in [0.1, 0.15) is 0 Å². The van der Waals surface area contributed by atoms with E-state index in [1.807, 2.05) is 36.4 Å². The third-order valence-corrected chi connectivity index (χ3v) is 4.98. The Morgan fingerprint density at radius 3 is 2.09 bits per heavy atom. The van der Waals surface area contributed by atoms with E-state index >= 15 is 0 Å². The Bertz CT molecular complexity index is 641. The monoisotopic (exact) mass is 295 g/mol. The molecule has 3 N–H and O–H groups in total. The highest BCUT2D eigenvalue weighted by atomic mass is 16.4. The molecule has 1 aliphatic carbocycles. The normalized spacial score (nSPS) is 27.1. The lowest BCUT2D eigenvalue weighted by molar-refractivity contribution is -0.142. The maximum Gasteiger partial charge on any atom is 0.303 e. The maximum absolute atomic E-state index is 11.3. The second kappa shape index (κ2) is 5.93. The zero-order valence-electron chi connectivity index (χ0n) is 12.5. The average Bonchev–Trinajstić information content (AvgIpc) is 2.52. The molecule has 1 fully saturated rings. The SMILES string of the molecule is NCC1(CC(=O)O)CC(c2ccccc2)C1c1ccccc1. The lowest BCUT2D eigenvalue weighted by atomic mass is 9.49. The molecule has 3 heteroatoms. The molecule has 0 saturated heterocycles. The molecule has 3 rings (SSSR count). The molecule has 0 radical (unpaired) electrons. The maximum atomic E-state index is 11.3. The number of hydrogen-bond donors (Lipinski definition) is 2. The van der Waals surface area contributed by atoms with E-state index in [4.69, 9.17) is 5.73 Å². The lowest BCUT2D eigenvalue weighted by Crippen LogP contribution is -2.50. The summed E-state index contributed by atoms with van der Waals surface area (Å²) < 4.78 is 0. The van der Waals surface area contributed by atoms with Crippen LogP contribution in [0.2, 0.25) is 0 Å². The van der Waals surface area contributed by atoms with Gasteiger partial charge >= 0.3 is 5.97 Å². The highest BCUT2D eigenvalue weighted by Crippen LogP contribution is 2.62. The topological polar surface area (TPSA) is 63.3 Å². The molecule has 0 bridgehead atoms. The van der Waals surface area contributed by atoms with E-state index in [1.54, 1.807) is 0 Å². The molecule has 3 atom stereocenters. The molecule has 0 aliphatic heterocycles. The van der Waals surface area contributed by atoms with Gasteiger partial charge in [0.15, 0.2) is 0 Å². The highest BCUT2D eigenvalue weighted by Gasteiger charge is 2.54. The van der Waals surface area contributed by atoms with Crippen LogP contribution in [0.4, 0.5) is 0 Å². The first kappa shape index (κ1) is 14.8. The summed E-state index contributed by atoms with van der Waals surface area (Å²) in [6.45, 7) is 0.405. The second-order valence-electron chi connectivity index (χ2n) is 6.25. The van der Waals surface area contributed by atoms with Crippen LogP contribution in [0.5, 0.6) is 0 Å². The second-order valence-corrected chi connectivity index (χ2v) is 6.25. The number of carboxylic acid groups (broad SMARTS) is 1. The molecule has 1 saturated carbocycles. The molecule has 3 unspecified atom stereocenters. The first-order chi connectivity index (χ1) is 10.7. The van der Waals surface area contributed by atoms with Crippen molar-refractivity contribution >= 4 is 5.97 Å². The zero-order chi connectivity index (χ0) is 15.6. The summed E-state index contributed by atoms with van der Waals surface area (Å²) in [6.07, 6.45) is 0.964. The van der Waals surface area contributed by atoms with Gasteiger partial charge < -0.3 is 10.8 Å². The van der Waals surface area contributed by atoms with Crippen LogP contribution in [0.1, 0.15) is 35.8 Å². The summed E-state index contributed by atoms with van der Waals surface area (Å²) in [5.41, 5.74) is 8.14. The molecule has 0 heterocycles. The Kier molecular flexibility index (Phi) is 3.99. The number of nitrogens with two attached hydrogens (primary N) is 1. The van der Waals surface area contributed by atoms with Crippen molar-refractivity contribution in [2.24, 2.45) is 11.1 Å². The number of benzene rings is 2. The van der Waals surface area contributed by atoms with Crippen LogP contribution in [-0.4, -0.2) is 17.6 Å². The van der Waals surface area contributed by atoms with E-state index in [0.29, 0.717) is 12.5 Å². The van der Waals surface area contributed by atoms with E-state index in [-0.39, 0.29) is 17.8 Å². The van der Waals surface area contributed by atoms with Crippen LogP contribution >= 0.6 is 0 Å². The average molecular weight is 295 g/mol. The molecule has 2 aromatic rings. The first-order valence-corrected chi connectivity index (χ1v) is 7.68. The smallest absolute Gasteiger partial charge is 0.303 e. The van der Waals surface area contributed by atoms with Crippen molar-refractivity contribution in [2.45, 2.75) is 24.7 Å². The van der Waals surface area contributed by atoms with Crippen molar-refractivity contribution in [1.29, 1.82) is 0 Å². The van der Waals surface area contributed by atoms with Crippen molar-refractivity contribution in [2.75, 3.05) is 6.54 Å². The Balaban J connectivity index is 1.99. The largest absolute Gasteiger partial charge is 0.481 e. The first-order valence-electron chi connectivity index (χ1n) is 7.68. The number of hydrogen-bond acceptors (Lipinski definition) is 2. The highest BCUT2D eigenvalue weighted by molar-refractivity contribution is 5.68. The lowest BCUT2D eigenvalue weighted by Gasteiger charge is -2.55. The van der Waals surface area contributed by atoms with E-state index in [1.165, 1.54) is 11.1 Å². The van der Waals surface area contributed by atoms with Gasteiger partial charge in [-0.05, 0) is 35.9 Å². The van der Waals surface area contributed by atoms with Crippen molar-refractivity contribution in [3.8, 4) is 0 Å². The summed E-state index contributed by atoms with van der Waals surface area (Å²) in [7, 11) is 0. The van der Waals surface area contributed by atoms with E-state index in [0.717, 1.165) is 6.42 Å². The van der Waals surface area contributed by atoms with Crippen LogP contribution in [0, 0.1) is 5.41 Å². The number of carbonyl (C=O) groups is 1. The Labute approximate surface area is 130 Å². The quantitative estimate of drug-likeness (QED) is 0.889. The Morgan fingerprint density at radius 2 is 1.59 bits per heavy atom. The minimum absolute atomic E-state index is 0.131. The third kappa shape index (κ3) is 2.53. The number of rotatable bonds is 5. The van der Waals surface area contributed by atoms with Crippen LogP contribution in [0.25, 0.3) is 0 Å². The minimum atomic E-state index is -0.766. The van der Waals surface area contributed by atoms with Gasteiger partial charge in [-0.25, -0.2) is 0 Å². The fourth-order valence-corrected chi connectivity index (χ4v) is 3.97. The van der Waals surface area contributed by atoms with Crippen LogP contribution in [-0.2, 0) is 4.79 Å². The summed E-state index contributed by atoms with van der Waals surface area (Å²) in [6, 6.07) is 20.5. The molecule has 0 spiro atoms. The Hall–Kier alpha value is -2.13. The van der Waals surface area contributed by atoms with Crippen LogP contribution < -0.4 is 5.73 Å². The van der Waals surface area contributed by atoms with Crippen molar-refractivity contribution in [3.05, 3.63) is 71.8 Å². The standard InChI is InChI=1S/C19H21NO2/c20-13-19(12-17(21)22)11-16(14-7-3-1-4-8-14)18(19)15-9-5-2-6-10-15/h1-10,16,18H,11-13,20H2,(H,21,22). The van der Waals surface area contributed by atoms with Gasteiger partial charge in [-0.15, -0.1) is 0 Å². The minimum Gasteiger partial charge on any atom is -0.481 e. The van der Waals surface area contributed by atoms with Crippen LogP contribution in [0.15, 0.2) is 60.7 Å². The summed E-state index contributed by atoms with van der Waals surface area (Å²) in [4.78, 5) is 11.3. The molecular formula is C19H21NO2. The van der Waals surface area contributed by atoms with Crippen LogP contribution in [0.3, 0.4) is 0 Å². The predicted octanol–water partition coefficient (Wildman–Crippen LogP) is 3.38. The van der Waals surface area contributed by atoms with E-state index in [9.17, 15) is 9.90 Å². The van der Waals surface area contributed by atoms with Gasteiger partial charge in [-0.3, -0.25) is 4.79 Å². The molecule has 0 aromatic heterocycles. The van der Waals surface area contributed by atoms with E-state index in [2.05, 4.69) is 24.3 Å². The molecule has 0 amide bonds. The summed E-state index contributed by atoms with van der Waals surface area (Å²) in [5, 5.41) is 9.31. The molecule has 22 heavy (non-hydrogen) atoms. The van der Waals surface area contributed by atoms with Gasteiger partial charge in [0.25, 0.3) is 0 Å². The van der Waals surface area contributed by atoms with Gasteiger partial charge in [-0.1, -0.05) is 60.7 Å². The fraction of sp³-hybridized carbons (Fsp3) is 0.316. The number of carboxylic acids is 1. The fourth-order valence-electron chi connectivity index (χ4n) is 3.97. The summed E-state index contributed by atoms with van der Waals surface area (Å²) in [5.74, 6) is -0.262. The summed E-state index contributed by atoms with van der Waals surface area (Å²) >= 11 is 0. The van der Waals surface area contributed by atoms with E-state index < -0.39 is 5.97 Å².